The van der Waals surface area contributed by atoms with Crippen molar-refractivity contribution in [3.63, 3.8) is 0 Å². The normalized spacial score (nSPS) is 32.4. The highest BCUT2D eigenvalue weighted by atomic mass is 16.5. The Morgan fingerprint density at radius 1 is 1.11 bits per heavy atom. The van der Waals surface area contributed by atoms with Crippen LogP contribution in [0.15, 0.2) is 0 Å². The molecule has 1 N–H and O–H groups in total. The van der Waals surface area contributed by atoms with Crippen molar-refractivity contribution in [1.82, 2.24) is 4.90 Å². The van der Waals surface area contributed by atoms with E-state index in [0.717, 1.165) is 31.5 Å². The molecular weight excluding hydrogens is 238 g/mol. The molecule has 3 heteroatoms. The van der Waals surface area contributed by atoms with E-state index in [4.69, 9.17) is 4.74 Å². The van der Waals surface area contributed by atoms with Gasteiger partial charge < -0.3 is 14.7 Å². The number of β-amino-alcohol motifs (C(OH)–C–C–N with tert-alkyl or cyclic N) is 1. The second-order valence-electron chi connectivity index (χ2n) is 6.91. The Bertz CT molecular complexity index is 243. The highest BCUT2D eigenvalue weighted by molar-refractivity contribution is 4.77. The number of ether oxygens (including phenoxy) is 1. The molecule has 0 bridgehead atoms. The van der Waals surface area contributed by atoms with Gasteiger partial charge in [-0.3, -0.25) is 0 Å². The molecule has 0 spiro atoms. The summed E-state index contributed by atoms with van der Waals surface area (Å²) in [6.07, 6.45) is 7.72. The Morgan fingerprint density at radius 3 is 2.37 bits per heavy atom. The largest absolute Gasteiger partial charge is 0.389 e. The molecule has 0 amide bonds. The molecule has 0 aromatic heterocycles. The van der Waals surface area contributed by atoms with Crippen LogP contribution in [0.1, 0.15) is 52.4 Å². The second-order valence-corrected chi connectivity index (χ2v) is 6.91. The van der Waals surface area contributed by atoms with Crippen molar-refractivity contribution in [2.45, 2.75) is 64.6 Å². The summed E-state index contributed by atoms with van der Waals surface area (Å²) in [4.78, 5) is 2.41. The summed E-state index contributed by atoms with van der Waals surface area (Å²) < 4.78 is 5.86. The third-order valence-electron chi connectivity index (χ3n) is 4.49. The van der Waals surface area contributed by atoms with Gasteiger partial charge in [-0.15, -0.1) is 0 Å². The van der Waals surface area contributed by atoms with Crippen LogP contribution in [0.2, 0.25) is 0 Å². The van der Waals surface area contributed by atoms with Crippen molar-refractivity contribution in [2.24, 2.45) is 11.8 Å². The van der Waals surface area contributed by atoms with Crippen LogP contribution < -0.4 is 0 Å². The summed E-state index contributed by atoms with van der Waals surface area (Å²) in [5.74, 6) is 1.52. The average Bonchev–Trinajstić information content (AvgIpc) is 2.36. The summed E-state index contributed by atoms with van der Waals surface area (Å²) in [7, 11) is 0. The van der Waals surface area contributed by atoms with Gasteiger partial charge in [-0.2, -0.15) is 0 Å². The Balaban J connectivity index is 1.64. The van der Waals surface area contributed by atoms with E-state index >= 15 is 0 Å². The van der Waals surface area contributed by atoms with Crippen LogP contribution in [0, 0.1) is 11.8 Å². The van der Waals surface area contributed by atoms with Gasteiger partial charge >= 0.3 is 0 Å². The van der Waals surface area contributed by atoms with Gasteiger partial charge in [0.15, 0.2) is 0 Å². The lowest BCUT2D eigenvalue weighted by molar-refractivity contribution is -0.0382. The maximum atomic E-state index is 10.1. The van der Waals surface area contributed by atoms with Gasteiger partial charge in [0.2, 0.25) is 0 Å². The second kappa shape index (κ2) is 7.61. The van der Waals surface area contributed by atoms with Gasteiger partial charge in [-0.25, -0.2) is 0 Å². The smallest absolute Gasteiger partial charge is 0.0900 e. The summed E-state index contributed by atoms with van der Waals surface area (Å²) >= 11 is 0. The molecule has 1 aliphatic carbocycles. The van der Waals surface area contributed by atoms with Crippen molar-refractivity contribution in [2.75, 3.05) is 26.2 Å². The van der Waals surface area contributed by atoms with Crippen molar-refractivity contribution in [3.05, 3.63) is 0 Å². The Labute approximate surface area is 118 Å². The van der Waals surface area contributed by atoms with E-state index in [0.29, 0.717) is 12.7 Å². The monoisotopic (exact) mass is 269 g/mol. The molecule has 112 valence electrons. The fraction of sp³-hybridized carbons (Fsp3) is 1.00. The molecule has 0 aromatic carbocycles. The van der Waals surface area contributed by atoms with Crippen LogP contribution in [-0.4, -0.2) is 48.5 Å². The molecule has 1 saturated carbocycles. The number of hydrogen-bond donors (Lipinski definition) is 1. The predicted molar refractivity (Wildman–Crippen MR) is 78.2 cm³/mol. The summed E-state index contributed by atoms with van der Waals surface area (Å²) in [6.45, 7) is 8.18. The molecular formula is C16H31NO2. The number of hydrogen-bond acceptors (Lipinski definition) is 3. The molecule has 1 heterocycles. The number of piperidine rings is 1. The summed E-state index contributed by atoms with van der Waals surface area (Å²) in [5.41, 5.74) is 0. The minimum Gasteiger partial charge on any atom is -0.389 e. The van der Waals surface area contributed by atoms with E-state index in [1.54, 1.807) is 0 Å². The van der Waals surface area contributed by atoms with E-state index in [1.165, 1.54) is 38.5 Å². The number of nitrogens with zero attached hydrogens (tertiary/aromatic N) is 1. The van der Waals surface area contributed by atoms with Crippen molar-refractivity contribution in [1.29, 1.82) is 0 Å². The minimum atomic E-state index is -0.320. The highest BCUT2D eigenvalue weighted by Gasteiger charge is 2.24. The van der Waals surface area contributed by atoms with E-state index in [-0.39, 0.29) is 6.10 Å². The van der Waals surface area contributed by atoms with Gasteiger partial charge in [-0.05, 0) is 31.1 Å². The zero-order valence-corrected chi connectivity index (χ0v) is 12.7. The van der Waals surface area contributed by atoms with E-state index < -0.39 is 0 Å². The molecule has 0 aromatic rings. The van der Waals surface area contributed by atoms with Crippen LogP contribution >= 0.6 is 0 Å². The van der Waals surface area contributed by atoms with E-state index in [9.17, 15) is 5.11 Å². The number of rotatable bonds is 5. The predicted octanol–water partition coefficient (Wildman–Crippen LogP) is 2.67. The van der Waals surface area contributed by atoms with E-state index in [2.05, 4.69) is 18.7 Å². The van der Waals surface area contributed by atoms with Crippen molar-refractivity contribution >= 4 is 0 Å². The molecule has 2 rings (SSSR count). The van der Waals surface area contributed by atoms with Crippen LogP contribution in [0.25, 0.3) is 0 Å². The maximum Gasteiger partial charge on any atom is 0.0900 e. The molecule has 2 fully saturated rings. The SMILES string of the molecule is C[C@@H]1C[C@@H](C)CN(C[C@@H](O)COC2CCCCC2)C1. The first-order valence-electron chi connectivity index (χ1n) is 8.15. The van der Waals surface area contributed by atoms with Gasteiger partial charge in [0, 0.05) is 19.6 Å². The zero-order valence-electron chi connectivity index (χ0n) is 12.7. The lowest BCUT2D eigenvalue weighted by atomic mass is 9.92. The summed E-state index contributed by atoms with van der Waals surface area (Å²) in [5, 5.41) is 10.1. The molecule has 19 heavy (non-hydrogen) atoms. The molecule has 0 unspecified atom stereocenters. The molecule has 1 aliphatic heterocycles. The van der Waals surface area contributed by atoms with Crippen LogP contribution in [-0.2, 0) is 4.74 Å². The summed E-state index contributed by atoms with van der Waals surface area (Å²) in [6, 6.07) is 0. The van der Waals surface area contributed by atoms with E-state index in [1.807, 2.05) is 0 Å². The van der Waals surface area contributed by atoms with Crippen LogP contribution in [0.4, 0.5) is 0 Å². The molecule has 1 saturated heterocycles. The third kappa shape index (κ3) is 5.41. The van der Waals surface area contributed by atoms with Crippen molar-refractivity contribution in [3.8, 4) is 0 Å². The Morgan fingerprint density at radius 2 is 1.74 bits per heavy atom. The molecule has 3 nitrogen and oxygen atoms in total. The first-order valence-corrected chi connectivity index (χ1v) is 8.15. The average molecular weight is 269 g/mol. The molecule has 2 aliphatic rings. The first kappa shape index (κ1) is 15.3. The van der Waals surface area contributed by atoms with Crippen molar-refractivity contribution < 1.29 is 9.84 Å². The van der Waals surface area contributed by atoms with Gasteiger partial charge in [0.1, 0.15) is 0 Å². The van der Waals surface area contributed by atoms with Crippen LogP contribution in [0.3, 0.4) is 0 Å². The van der Waals surface area contributed by atoms with Gasteiger partial charge in [0.05, 0.1) is 18.8 Å². The lowest BCUT2D eigenvalue weighted by Gasteiger charge is -2.36. The first-order chi connectivity index (χ1) is 9.13. The fourth-order valence-electron chi connectivity index (χ4n) is 3.77. The van der Waals surface area contributed by atoms with Gasteiger partial charge in [0.25, 0.3) is 0 Å². The standard InChI is InChI=1S/C16H31NO2/c1-13-8-14(2)10-17(9-13)11-15(18)12-19-16-6-4-3-5-7-16/h13-16,18H,3-12H2,1-2H3/t13-,14-,15-/m1/s1. The third-order valence-corrected chi connectivity index (χ3v) is 4.49. The lowest BCUT2D eigenvalue weighted by Crippen LogP contribution is -2.44. The topological polar surface area (TPSA) is 32.7 Å². The maximum absolute atomic E-state index is 10.1. The van der Waals surface area contributed by atoms with Crippen LogP contribution in [0.5, 0.6) is 0 Å². The number of likely N-dealkylation sites (tertiary alicyclic amines) is 1. The zero-order chi connectivity index (χ0) is 13.7. The Kier molecular flexibility index (Phi) is 6.11. The molecule has 3 atom stereocenters. The Hall–Kier alpha value is -0.120. The minimum absolute atomic E-state index is 0.320. The fourth-order valence-corrected chi connectivity index (χ4v) is 3.77. The number of aliphatic hydroxyl groups excluding tert-OH is 1. The van der Waals surface area contributed by atoms with Gasteiger partial charge in [-0.1, -0.05) is 33.1 Å². The highest BCUT2D eigenvalue weighted by Crippen LogP contribution is 2.22. The number of aliphatic hydroxyl groups is 1. The quantitative estimate of drug-likeness (QED) is 0.833. The molecule has 0 radical (unpaired) electrons.